The van der Waals surface area contributed by atoms with E-state index in [0.29, 0.717) is 29.7 Å². The number of anilines is 2. The van der Waals surface area contributed by atoms with Gasteiger partial charge in [-0.2, -0.15) is 0 Å². The Hall–Kier alpha value is -3.57. The molecule has 1 saturated heterocycles. The monoisotopic (exact) mass is 593 g/mol. The van der Waals surface area contributed by atoms with E-state index >= 15 is 0 Å². The SMILES string of the molecule is O=C(/C=C/CN1CC[NH2+]CC1)N1CCc2c(sc3ncnc(Nc4ccc(OCc5cccc(F)c5)c(Cl)c4)c23)C1. The summed E-state index contributed by atoms with van der Waals surface area (Å²) in [6, 6.07) is 11.7. The fourth-order valence-corrected chi connectivity index (χ4v) is 6.66. The van der Waals surface area contributed by atoms with Gasteiger partial charge >= 0.3 is 0 Å². The van der Waals surface area contributed by atoms with Crippen LogP contribution < -0.4 is 15.4 Å². The molecule has 6 rings (SSSR count). The number of hydrogen-bond donors (Lipinski definition) is 2. The van der Waals surface area contributed by atoms with Gasteiger partial charge in [-0.15, -0.1) is 11.3 Å². The number of carbonyl (C=O) groups excluding carboxylic acids is 1. The number of ether oxygens (including phenoxy) is 1. The van der Waals surface area contributed by atoms with Crippen molar-refractivity contribution in [3.8, 4) is 5.75 Å². The lowest BCUT2D eigenvalue weighted by atomic mass is 10.0. The summed E-state index contributed by atoms with van der Waals surface area (Å²) in [7, 11) is 0. The van der Waals surface area contributed by atoms with Gasteiger partial charge in [-0.3, -0.25) is 9.69 Å². The summed E-state index contributed by atoms with van der Waals surface area (Å²) < 4.78 is 19.3. The van der Waals surface area contributed by atoms with Crippen LogP contribution in [0.3, 0.4) is 0 Å². The van der Waals surface area contributed by atoms with Gasteiger partial charge in [0.2, 0.25) is 5.91 Å². The number of nitrogens with zero attached hydrogens (tertiary/aromatic N) is 4. The van der Waals surface area contributed by atoms with E-state index in [-0.39, 0.29) is 18.3 Å². The number of aromatic nitrogens is 2. The zero-order valence-electron chi connectivity index (χ0n) is 22.5. The lowest BCUT2D eigenvalue weighted by Gasteiger charge is -2.26. The number of hydrogen-bond acceptors (Lipinski definition) is 7. The molecule has 0 radical (unpaired) electrons. The maximum absolute atomic E-state index is 13.5. The summed E-state index contributed by atoms with van der Waals surface area (Å²) >= 11 is 8.12. The van der Waals surface area contributed by atoms with Crippen molar-refractivity contribution < 1.29 is 19.2 Å². The molecular formula is C30H31ClFN6O2S+. The van der Waals surface area contributed by atoms with E-state index in [1.807, 2.05) is 17.0 Å². The summed E-state index contributed by atoms with van der Waals surface area (Å²) in [5, 5.41) is 7.14. The molecule has 0 bridgehead atoms. The first-order valence-corrected chi connectivity index (χ1v) is 14.9. The van der Waals surface area contributed by atoms with Crippen molar-refractivity contribution in [3.63, 3.8) is 0 Å². The molecule has 2 aliphatic heterocycles. The van der Waals surface area contributed by atoms with Crippen LogP contribution >= 0.6 is 22.9 Å². The topological polar surface area (TPSA) is 87.2 Å². The van der Waals surface area contributed by atoms with Crippen molar-refractivity contribution in [1.82, 2.24) is 19.8 Å². The van der Waals surface area contributed by atoms with Gasteiger partial charge < -0.3 is 20.3 Å². The fourth-order valence-electron chi connectivity index (χ4n) is 5.23. The Balaban J connectivity index is 1.13. The fraction of sp³-hybridized carbons (Fsp3) is 0.300. The lowest BCUT2D eigenvalue weighted by molar-refractivity contribution is -0.663. The first-order chi connectivity index (χ1) is 20.0. The normalized spacial score (nSPS) is 15.8. The van der Waals surface area contributed by atoms with E-state index in [2.05, 4.69) is 25.5 Å². The van der Waals surface area contributed by atoms with Crippen LogP contribution in [0.2, 0.25) is 5.02 Å². The summed E-state index contributed by atoms with van der Waals surface area (Å²) in [6.07, 6.45) is 6.00. The minimum atomic E-state index is -0.304. The standard InChI is InChI=1S/C30H30ClFN6O2S/c31-24-16-22(6-7-25(24)40-18-20-3-1-4-21(32)15-20)36-29-28-23-8-12-38(17-26(23)41-30(28)35-19-34-29)27(39)5-2-11-37-13-9-33-10-14-37/h1-7,15-16,19,33H,8-14,17-18H2,(H,34,35,36)/p+1/b5-2+. The van der Waals surface area contributed by atoms with E-state index in [0.717, 1.165) is 65.5 Å². The summed E-state index contributed by atoms with van der Waals surface area (Å²) in [5.41, 5.74) is 2.67. The van der Waals surface area contributed by atoms with Gasteiger partial charge in [0.15, 0.2) is 0 Å². The summed E-state index contributed by atoms with van der Waals surface area (Å²) in [4.78, 5) is 28.3. The maximum atomic E-state index is 13.5. The van der Waals surface area contributed by atoms with E-state index < -0.39 is 0 Å². The van der Waals surface area contributed by atoms with Gasteiger partial charge in [0.25, 0.3) is 0 Å². The van der Waals surface area contributed by atoms with Gasteiger partial charge in [0, 0.05) is 42.8 Å². The van der Waals surface area contributed by atoms with Crippen molar-refractivity contribution in [1.29, 1.82) is 0 Å². The van der Waals surface area contributed by atoms with E-state index in [1.165, 1.54) is 17.7 Å². The van der Waals surface area contributed by atoms with Gasteiger partial charge in [-0.05, 0) is 47.9 Å². The molecule has 11 heteroatoms. The molecule has 0 unspecified atom stereocenters. The Kier molecular flexibility index (Phi) is 8.43. The lowest BCUT2D eigenvalue weighted by Crippen LogP contribution is -2.89. The zero-order valence-corrected chi connectivity index (χ0v) is 24.1. The highest BCUT2D eigenvalue weighted by atomic mass is 35.5. The number of amides is 1. The number of nitrogens with one attached hydrogen (secondary N) is 1. The second kappa shape index (κ2) is 12.5. The number of rotatable bonds is 8. The second-order valence-electron chi connectivity index (χ2n) is 10.2. The summed E-state index contributed by atoms with van der Waals surface area (Å²) in [6.45, 7) is 6.61. The molecule has 212 valence electrons. The van der Waals surface area contributed by atoms with Crippen molar-refractivity contribution >= 4 is 50.6 Å². The highest BCUT2D eigenvalue weighted by Gasteiger charge is 2.25. The molecule has 1 amide bonds. The van der Waals surface area contributed by atoms with Crippen molar-refractivity contribution in [2.75, 3.05) is 44.6 Å². The molecule has 2 aliphatic rings. The first kappa shape index (κ1) is 27.6. The highest BCUT2D eigenvalue weighted by molar-refractivity contribution is 7.19. The van der Waals surface area contributed by atoms with Gasteiger partial charge in [0.05, 0.1) is 30.0 Å². The van der Waals surface area contributed by atoms with E-state index in [4.69, 9.17) is 16.3 Å². The molecule has 4 aromatic rings. The molecule has 0 aliphatic carbocycles. The molecule has 0 saturated carbocycles. The minimum Gasteiger partial charge on any atom is -0.487 e. The Morgan fingerprint density at radius 2 is 2.05 bits per heavy atom. The van der Waals surface area contributed by atoms with Crippen LogP contribution in [-0.4, -0.2) is 64.9 Å². The quantitative estimate of drug-likeness (QED) is 0.299. The van der Waals surface area contributed by atoms with Crippen LogP contribution in [0.25, 0.3) is 10.2 Å². The molecule has 1 fully saturated rings. The third kappa shape index (κ3) is 6.51. The highest BCUT2D eigenvalue weighted by Crippen LogP contribution is 2.39. The van der Waals surface area contributed by atoms with E-state index in [1.54, 1.807) is 48.0 Å². The number of benzene rings is 2. The maximum Gasteiger partial charge on any atom is 0.246 e. The van der Waals surface area contributed by atoms with Crippen molar-refractivity contribution in [2.24, 2.45) is 0 Å². The predicted molar refractivity (Wildman–Crippen MR) is 159 cm³/mol. The van der Waals surface area contributed by atoms with Crippen LogP contribution in [0, 0.1) is 5.82 Å². The number of fused-ring (bicyclic) bond motifs is 3. The molecule has 0 atom stereocenters. The summed E-state index contributed by atoms with van der Waals surface area (Å²) in [5.74, 6) is 0.961. The minimum absolute atomic E-state index is 0.0514. The van der Waals surface area contributed by atoms with Crippen LogP contribution in [-0.2, 0) is 24.4 Å². The van der Waals surface area contributed by atoms with Gasteiger partial charge in [-0.1, -0.05) is 29.8 Å². The number of carbonyl (C=O) groups is 1. The van der Waals surface area contributed by atoms with E-state index in [9.17, 15) is 9.18 Å². The number of nitrogens with two attached hydrogens (primary N) is 1. The molecule has 4 heterocycles. The Bertz CT molecular complexity index is 1590. The molecule has 3 N–H and O–H groups in total. The van der Waals surface area contributed by atoms with Crippen molar-refractivity contribution in [2.45, 2.75) is 19.6 Å². The van der Waals surface area contributed by atoms with Crippen LogP contribution in [0.4, 0.5) is 15.9 Å². The molecular weight excluding hydrogens is 563 g/mol. The molecule has 8 nitrogen and oxygen atoms in total. The third-order valence-electron chi connectivity index (χ3n) is 7.35. The number of thiophene rings is 1. The number of halogens is 2. The average Bonchev–Trinajstić information content (AvgIpc) is 3.36. The molecule has 2 aromatic carbocycles. The largest absolute Gasteiger partial charge is 0.487 e. The van der Waals surface area contributed by atoms with Crippen LogP contribution in [0.5, 0.6) is 5.75 Å². The van der Waals surface area contributed by atoms with Gasteiger partial charge in [0.1, 0.15) is 35.1 Å². The predicted octanol–water partition coefficient (Wildman–Crippen LogP) is 4.13. The first-order valence-electron chi connectivity index (χ1n) is 13.7. The molecule has 41 heavy (non-hydrogen) atoms. The average molecular weight is 594 g/mol. The Labute approximate surface area is 246 Å². The zero-order chi connectivity index (χ0) is 28.2. The Morgan fingerprint density at radius 3 is 2.88 bits per heavy atom. The smallest absolute Gasteiger partial charge is 0.246 e. The Morgan fingerprint density at radius 1 is 1.17 bits per heavy atom. The molecule has 0 spiro atoms. The second-order valence-corrected chi connectivity index (χ2v) is 11.7. The molecule has 2 aromatic heterocycles. The number of piperazine rings is 1. The van der Waals surface area contributed by atoms with Crippen LogP contribution in [0.1, 0.15) is 16.0 Å². The van der Waals surface area contributed by atoms with Gasteiger partial charge in [-0.25, -0.2) is 14.4 Å². The third-order valence-corrected chi connectivity index (χ3v) is 8.77. The number of quaternary nitrogens is 1. The van der Waals surface area contributed by atoms with Crippen LogP contribution in [0.15, 0.2) is 60.9 Å². The van der Waals surface area contributed by atoms with Crippen molar-refractivity contribution in [3.05, 3.63) is 87.8 Å².